The SMILES string of the molecule is CC(C)C[C@H](NC(=O)[C@H](CC(N)=O)NC(=O)[C@H](Cc1ccccc1)NC(=O)[C@H](CC(=O)O)NC(=O)[C@H](CC(N)=O)NC(=O)[C@@H]1CCCN(C(=O)[C@H](C)N)C1)C(=O)N[C@@H](CCCCN)C(=O)O. The maximum Gasteiger partial charge on any atom is 0.326 e. The second-order valence-electron chi connectivity index (χ2n) is 16.7. The topological polar surface area (TPSA) is 408 Å². The summed E-state index contributed by atoms with van der Waals surface area (Å²) in [6, 6.07) is -2.46. The second kappa shape index (κ2) is 27.6. The molecule has 1 aliphatic heterocycles. The predicted molar refractivity (Wildman–Crippen MR) is 235 cm³/mol. The summed E-state index contributed by atoms with van der Waals surface area (Å²) in [5.41, 5.74) is 22.5. The van der Waals surface area contributed by atoms with E-state index in [1.165, 1.54) is 11.8 Å². The number of primary amides is 2. The number of piperidine rings is 1. The first-order chi connectivity index (χ1) is 31.0. The molecule has 9 amide bonds. The number of carbonyl (C=O) groups is 11. The third-order valence-corrected chi connectivity index (χ3v) is 10.4. The highest BCUT2D eigenvalue weighted by Crippen LogP contribution is 2.18. The third kappa shape index (κ3) is 19.6. The van der Waals surface area contributed by atoms with Gasteiger partial charge in [-0.2, -0.15) is 0 Å². The molecule has 0 bridgehead atoms. The van der Waals surface area contributed by atoms with Crippen LogP contribution in [-0.4, -0.2) is 142 Å². The molecule has 0 radical (unpaired) electrons. The highest BCUT2D eigenvalue weighted by Gasteiger charge is 2.37. The fourth-order valence-electron chi connectivity index (χ4n) is 7.05. The second-order valence-corrected chi connectivity index (χ2v) is 16.7. The number of carbonyl (C=O) groups excluding carboxylic acids is 9. The lowest BCUT2D eigenvalue weighted by molar-refractivity contribution is -0.143. The normalized spacial score (nSPS) is 16.7. The van der Waals surface area contributed by atoms with Gasteiger partial charge in [0.2, 0.25) is 53.2 Å². The number of aliphatic carboxylic acids is 2. The summed E-state index contributed by atoms with van der Waals surface area (Å²) in [4.78, 5) is 144. The molecular formula is C42H65N11O13. The van der Waals surface area contributed by atoms with Crippen molar-refractivity contribution < 1.29 is 63.0 Å². The van der Waals surface area contributed by atoms with Gasteiger partial charge in [0, 0.05) is 19.5 Å². The number of likely N-dealkylation sites (tertiary alicyclic amines) is 1. The summed E-state index contributed by atoms with van der Waals surface area (Å²) in [5.74, 6) is -12.6. The molecule has 1 heterocycles. The molecular weight excluding hydrogens is 867 g/mol. The number of carboxylic acids is 2. The molecule has 1 aliphatic rings. The summed E-state index contributed by atoms with van der Waals surface area (Å²) in [5, 5.41) is 33.7. The van der Waals surface area contributed by atoms with Gasteiger partial charge < -0.3 is 69.9 Å². The minimum absolute atomic E-state index is 0.00559. The molecule has 24 nitrogen and oxygen atoms in total. The van der Waals surface area contributed by atoms with Gasteiger partial charge in [-0.25, -0.2) is 4.79 Å². The summed E-state index contributed by atoms with van der Waals surface area (Å²) in [6.07, 6.45) is -1.24. The fourth-order valence-corrected chi connectivity index (χ4v) is 7.05. The van der Waals surface area contributed by atoms with Gasteiger partial charge in [0.05, 0.1) is 31.2 Å². The van der Waals surface area contributed by atoms with Crippen LogP contribution < -0.4 is 54.8 Å². The molecule has 1 aromatic carbocycles. The molecule has 0 aliphatic carbocycles. The Morgan fingerprint density at radius 3 is 1.65 bits per heavy atom. The summed E-state index contributed by atoms with van der Waals surface area (Å²) < 4.78 is 0. The molecule has 366 valence electrons. The van der Waals surface area contributed by atoms with E-state index in [0.29, 0.717) is 44.3 Å². The molecule has 0 aromatic heterocycles. The molecule has 1 aromatic rings. The van der Waals surface area contributed by atoms with Crippen LogP contribution in [0.5, 0.6) is 0 Å². The first-order valence-electron chi connectivity index (χ1n) is 21.6. The van der Waals surface area contributed by atoms with E-state index in [0.717, 1.165) is 0 Å². The Hall–Kier alpha value is -6.69. The van der Waals surface area contributed by atoms with E-state index < -0.39 is 133 Å². The van der Waals surface area contributed by atoms with Crippen LogP contribution in [0.1, 0.15) is 84.1 Å². The zero-order valence-electron chi connectivity index (χ0n) is 37.4. The van der Waals surface area contributed by atoms with Crippen molar-refractivity contribution in [2.24, 2.45) is 34.8 Å². The van der Waals surface area contributed by atoms with Crippen LogP contribution in [0.2, 0.25) is 0 Å². The number of carboxylic acid groups (broad SMARTS) is 2. The van der Waals surface area contributed by atoms with Crippen molar-refractivity contribution in [1.82, 2.24) is 36.8 Å². The Morgan fingerprint density at radius 2 is 1.15 bits per heavy atom. The van der Waals surface area contributed by atoms with Gasteiger partial charge in [-0.05, 0) is 63.5 Å². The van der Waals surface area contributed by atoms with Gasteiger partial charge in [0.1, 0.15) is 36.3 Å². The molecule has 66 heavy (non-hydrogen) atoms. The van der Waals surface area contributed by atoms with Crippen molar-refractivity contribution in [2.75, 3.05) is 19.6 Å². The van der Waals surface area contributed by atoms with Crippen molar-refractivity contribution in [2.45, 2.75) is 127 Å². The molecule has 1 fully saturated rings. The predicted octanol–water partition coefficient (Wildman–Crippen LogP) is -3.79. The zero-order chi connectivity index (χ0) is 49.7. The Morgan fingerprint density at radius 1 is 0.667 bits per heavy atom. The number of nitrogens with zero attached hydrogens (tertiary/aromatic N) is 1. The van der Waals surface area contributed by atoms with E-state index in [-0.39, 0.29) is 31.7 Å². The van der Waals surface area contributed by atoms with Gasteiger partial charge in [-0.1, -0.05) is 44.2 Å². The number of rotatable bonds is 28. The molecule has 0 unspecified atom stereocenters. The minimum atomic E-state index is -1.94. The van der Waals surface area contributed by atoms with Crippen LogP contribution in [0, 0.1) is 11.8 Å². The Balaban J connectivity index is 2.39. The summed E-state index contributed by atoms with van der Waals surface area (Å²) >= 11 is 0. The molecule has 24 heteroatoms. The average Bonchev–Trinajstić information content (AvgIpc) is 3.24. The number of nitrogens with one attached hydrogen (secondary N) is 6. The van der Waals surface area contributed by atoms with Crippen molar-refractivity contribution in [3.05, 3.63) is 35.9 Å². The van der Waals surface area contributed by atoms with Gasteiger partial charge in [-0.15, -0.1) is 0 Å². The van der Waals surface area contributed by atoms with E-state index in [9.17, 15) is 63.0 Å². The average molecular weight is 932 g/mol. The Labute approximate surface area is 381 Å². The van der Waals surface area contributed by atoms with Crippen LogP contribution in [-0.2, 0) is 59.2 Å². The first kappa shape index (κ1) is 55.4. The molecule has 16 N–H and O–H groups in total. The Bertz CT molecular complexity index is 1900. The van der Waals surface area contributed by atoms with E-state index in [1.807, 2.05) is 0 Å². The number of unbranched alkanes of at least 4 members (excludes halogenated alkanes) is 1. The highest BCUT2D eigenvalue weighted by atomic mass is 16.4. The lowest BCUT2D eigenvalue weighted by Gasteiger charge is -2.33. The van der Waals surface area contributed by atoms with E-state index in [4.69, 9.17) is 22.9 Å². The van der Waals surface area contributed by atoms with Gasteiger partial charge in [0.15, 0.2) is 0 Å². The molecule has 0 saturated carbocycles. The van der Waals surface area contributed by atoms with Crippen LogP contribution in [0.4, 0.5) is 0 Å². The molecule has 2 rings (SSSR count). The third-order valence-electron chi connectivity index (χ3n) is 10.4. The monoisotopic (exact) mass is 931 g/mol. The summed E-state index contributed by atoms with van der Waals surface area (Å²) in [6.45, 7) is 5.56. The van der Waals surface area contributed by atoms with Crippen LogP contribution in [0.25, 0.3) is 0 Å². The van der Waals surface area contributed by atoms with E-state index in [2.05, 4.69) is 31.9 Å². The van der Waals surface area contributed by atoms with Crippen molar-refractivity contribution in [1.29, 1.82) is 0 Å². The maximum absolute atomic E-state index is 14.0. The standard InChI is InChI=1S/C42H65N11O13/c1-22(2)16-27(36(59)47-26(42(65)66)13-7-8-14-43)49-39(62)30(19-33(46)55)51-37(60)28(17-24-10-5-4-6-11-24)50-40(63)31(20-34(56)57)52-38(61)29(18-32(45)54)48-35(58)25-12-9-15-53(21-25)41(64)23(3)44/h4-6,10-11,22-23,25-31H,7-9,12-21,43-44H2,1-3H3,(H2,45,54)(H2,46,55)(H,47,59)(H,48,58)(H,49,62)(H,50,63)(H,51,60)(H,52,61)(H,56,57)(H,65,66)/t23-,25+,26-,27-,28-,29-,30-,31-/m0/s1. The lowest BCUT2D eigenvalue weighted by Crippen LogP contribution is -2.61. The van der Waals surface area contributed by atoms with Crippen molar-refractivity contribution in [3.63, 3.8) is 0 Å². The Kier molecular flexibility index (Phi) is 23.2. The van der Waals surface area contributed by atoms with Gasteiger partial charge in [0.25, 0.3) is 0 Å². The number of hydrogen-bond donors (Lipinski definition) is 12. The van der Waals surface area contributed by atoms with E-state index >= 15 is 0 Å². The van der Waals surface area contributed by atoms with Crippen LogP contribution >= 0.6 is 0 Å². The minimum Gasteiger partial charge on any atom is -0.481 e. The molecule has 8 atom stereocenters. The highest BCUT2D eigenvalue weighted by molar-refractivity contribution is 5.99. The first-order valence-corrected chi connectivity index (χ1v) is 21.6. The maximum atomic E-state index is 14.0. The van der Waals surface area contributed by atoms with Crippen LogP contribution in [0.3, 0.4) is 0 Å². The number of benzene rings is 1. The molecule has 0 spiro atoms. The van der Waals surface area contributed by atoms with Crippen molar-refractivity contribution in [3.8, 4) is 0 Å². The quantitative estimate of drug-likeness (QED) is 0.0359. The van der Waals surface area contributed by atoms with Crippen molar-refractivity contribution >= 4 is 65.1 Å². The van der Waals surface area contributed by atoms with E-state index in [1.54, 1.807) is 44.2 Å². The number of hydrogen-bond acceptors (Lipinski definition) is 13. The number of nitrogens with two attached hydrogens (primary N) is 4. The summed E-state index contributed by atoms with van der Waals surface area (Å²) in [7, 11) is 0. The smallest absolute Gasteiger partial charge is 0.326 e. The van der Waals surface area contributed by atoms with Gasteiger partial charge >= 0.3 is 11.9 Å². The van der Waals surface area contributed by atoms with Crippen LogP contribution in [0.15, 0.2) is 30.3 Å². The number of amides is 9. The fraction of sp³-hybridized carbons (Fsp3) is 0.595. The zero-order valence-corrected chi connectivity index (χ0v) is 37.4. The lowest BCUT2D eigenvalue weighted by atomic mass is 9.96. The molecule has 1 saturated heterocycles. The largest absolute Gasteiger partial charge is 0.481 e. The van der Waals surface area contributed by atoms with Gasteiger partial charge in [-0.3, -0.25) is 47.9 Å².